The Bertz CT molecular complexity index is 1100. The van der Waals surface area contributed by atoms with Crippen LogP contribution in [0.5, 0.6) is 0 Å². The molecule has 0 aromatic heterocycles. The first-order valence-corrected chi connectivity index (χ1v) is 11.4. The van der Waals surface area contributed by atoms with Gasteiger partial charge in [-0.1, -0.05) is 24.3 Å². The molecule has 3 heterocycles. The standard InChI is InChI=1S/C25H28N4O3/c26-10-9-16-4-6-21-18(12-16)2-1-11-28(21)14-17-3-5-20-19(13-17)15-29(25(20)32)22-7-8-23(30)27-24(22)31/h3-6,12-13,22H,1-2,7-11,14-15,26H2,(H,27,30,31). The van der Waals surface area contributed by atoms with Crippen molar-refractivity contribution < 1.29 is 14.4 Å². The van der Waals surface area contributed by atoms with Crippen molar-refractivity contribution in [2.75, 3.05) is 18.0 Å². The minimum absolute atomic E-state index is 0.128. The molecule has 5 rings (SSSR count). The van der Waals surface area contributed by atoms with Gasteiger partial charge in [0.2, 0.25) is 11.8 Å². The van der Waals surface area contributed by atoms with Crippen LogP contribution in [0.1, 0.15) is 51.9 Å². The van der Waals surface area contributed by atoms with E-state index in [1.807, 2.05) is 12.1 Å². The number of amides is 3. The van der Waals surface area contributed by atoms with Crippen LogP contribution in [0.3, 0.4) is 0 Å². The minimum Gasteiger partial charge on any atom is -0.367 e. The van der Waals surface area contributed by atoms with Gasteiger partial charge in [-0.2, -0.15) is 0 Å². The van der Waals surface area contributed by atoms with Crippen LogP contribution < -0.4 is 16.0 Å². The summed E-state index contributed by atoms with van der Waals surface area (Å²) in [6.45, 7) is 2.85. The van der Waals surface area contributed by atoms with E-state index in [1.165, 1.54) is 16.8 Å². The fourth-order valence-corrected chi connectivity index (χ4v) is 5.16. The van der Waals surface area contributed by atoms with E-state index in [4.69, 9.17) is 5.73 Å². The van der Waals surface area contributed by atoms with Gasteiger partial charge in [-0.25, -0.2) is 0 Å². The quantitative estimate of drug-likeness (QED) is 0.704. The average molecular weight is 433 g/mol. The molecule has 32 heavy (non-hydrogen) atoms. The Morgan fingerprint density at radius 2 is 1.81 bits per heavy atom. The van der Waals surface area contributed by atoms with Crippen molar-refractivity contribution in [3.63, 3.8) is 0 Å². The molecule has 7 nitrogen and oxygen atoms in total. The molecule has 1 fully saturated rings. The summed E-state index contributed by atoms with van der Waals surface area (Å²) < 4.78 is 0. The Balaban J connectivity index is 1.33. The summed E-state index contributed by atoms with van der Waals surface area (Å²) in [5, 5.41) is 2.35. The number of piperidine rings is 1. The van der Waals surface area contributed by atoms with Crippen LogP contribution in [-0.4, -0.2) is 41.8 Å². The van der Waals surface area contributed by atoms with Crippen molar-refractivity contribution in [2.45, 2.75) is 51.2 Å². The molecule has 3 aliphatic rings. The van der Waals surface area contributed by atoms with E-state index in [9.17, 15) is 14.4 Å². The maximum atomic E-state index is 12.9. The zero-order valence-corrected chi connectivity index (χ0v) is 18.1. The van der Waals surface area contributed by atoms with E-state index >= 15 is 0 Å². The fraction of sp³-hybridized carbons (Fsp3) is 0.400. The third kappa shape index (κ3) is 3.77. The largest absolute Gasteiger partial charge is 0.367 e. The van der Waals surface area contributed by atoms with Crippen LogP contribution in [0.15, 0.2) is 36.4 Å². The SMILES string of the molecule is NCCc1ccc2c(c1)CCCN2Cc1ccc2c(c1)CN(C1CCC(=O)NC1=O)C2=O. The molecule has 1 saturated heterocycles. The first-order chi connectivity index (χ1) is 15.5. The van der Waals surface area contributed by atoms with Crippen molar-refractivity contribution in [1.82, 2.24) is 10.2 Å². The topological polar surface area (TPSA) is 95.7 Å². The maximum Gasteiger partial charge on any atom is 0.255 e. The summed E-state index contributed by atoms with van der Waals surface area (Å²) >= 11 is 0. The van der Waals surface area contributed by atoms with Gasteiger partial charge >= 0.3 is 0 Å². The summed E-state index contributed by atoms with van der Waals surface area (Å²) in [4.78, 5) is 40.6. The molecule has 0 spiro atoms. The van der Waals surface area contributed by atoms with E-state index in [1.54, 1.807) is 4.90 Å². The van der Waals surface area contributed by atoms with E-state index in [2.05, 4.69) is 34.5 Å². The smallest absolute Gasteiger partial charge is 0.255 e. The van der Waals surface area contributed by atoms with Crippen LogP contribution >= 0.6 is 0 Å². The number of anilines is 1. The van der Waals surface area contributed by atoms with Crippen molar-refractivity contribution in [3.8, 4) is 0 Å². The first-order valence-electron chi connectivity index (χ1n) is 11.4. The predicted octanol–water partition coefficient (Wildman–Crippen LogP) is 1.90. The molecule has 3 N–H and O–H groups in total. The molecule has 0 radical (unpaired) electrons. The van der Waals surface area contributed by atoms with Gasteiger partial charge in [0, 0.05) is 37.3 Å². The number of carbonyl (C=O) groups is 3. The molecule has 0 saturated carbocycles. The highest BCUT2D eigenvalue weighted by molar-refractivity contribution is 6.05. The van der Waals surface area contributed by atoms with Crippen molar-refractivity contribution in [2.24, 2.45) is 5.73 Å². The number of imide groups is 1. The summed E-state index contributed by atoms with van der Waals surface area (Å²) in [6.07, 6.45) is 3.75. The second kappa shape index (κ2) is 8.39. The van der Waals surface area contributed by atoms with Crippen LogP contribution in [0.2, 0.25) is 0 Å². The van der Waals surface area contributed by atoms with Gasteiger partial charge < -0.3 is 15.5 Å². The summed E-state index contributed by atoms with van der Waals surface area (Å²) in [5.74, 6) is -0.770. The zero-order chi connectivity index (χ0) is 22.2. The Kier molecular flexibility index (Phi) is 5.43. The highest BCUT2D eigenvalue weighted by atomic mass is 16.2. The molecule has 3 aliphatic heterocycles. The first kappa shape index (κ1) is 20.7. The highest BCUT2D eigenvalue weighted by Gasteiger charge is 2.39. The predicted molar refractivity (Wildman–Crippen MR) is 121 cm³/mol. The van der Waals surface area contributed by atoms with E-state index in [-0.39, 0.29) is 24.1 Å². The van der Waals surface area contributed by atoms with Crippen molar-refractivity contribution in [1.29, 1.82) is 0 Å². The molecule has 1 atom stereocenters. The third-order valence-corrected chi connectivity index (χ3v) is 6.75. The number of nitrogens with one attached hydrogen (secondary N) is 1. The number of benzene rings is 2. The van der Waals surface area contributed by atoms with Crippen LogP contribution in [0, 0.1) is 0 Å². The van der Waals surface area contributed by atoms with Gasteiger partial charge in [0.25, 0.3) is 5.91 Å². The third-order valence-electron chi connectivity index (χ3n) is 6.75. The molecule has 0 aliphatic carbocycles. The number of aryl methyl sites for hydroxylation is 1. The lowest BCUT2D eigenvalue weighted by Gasteiger charge is -2.32. The molecule has 2 aromatic rings. The molecule has 2 aromatic carbocycles. The number of fused-ring (bicyclic) bond motifs is 2. The summed E-state index contributed by atoms with van der Waals surface area (Å²) in [6, 6.07) is 12.1. The van der Waals surface area contributed by atoms with Gasteiger partial charge in [-0.05, 0) is 66.6 Å². The van der Waals surface area contributed by atoms with Gasteiger partial charge in [-0.3, -0.25) is 19.7 Å². The Morgan fingerprint density at radius 3 is 2.62 bits per heavy atom. The molecule has 1 unspecified atom stereocenters. The number of hydrogen-bond acceptors (Lipinski definition) is 5. The van der Waals surface area contributed by atoms with Gasteiger partial charge in [0.15, 0.2) is 0 Å². The number of rotatable bonds is 5. The molecular weight excluding hydrogens is 404 g/mol. The molecule has 3 amide bonds. The van der Waals surface area contributed by atoms with Crippen molar-refractivity contribution in [3.05, 3.63) is 64.2 Å². The number of carbonyl (C=O) groups excluding carboxylic acids is 3. The molecule has 0 bridgehead atoms. The highest BCUT2D eigenvalue weighted by Crippen LogP contribution is 2.32. The number of hydrogen-bond donors (Lipinski definition) is 2. The normalized spacial score (nSPS) is 20.3. The van der Waals surface area contributed by atoms with Crippen LogP contribution in [0.25, 0.3) is 0 Å². The summed E-state index contributed by atoms with van der Waals surface area (Å²) in [7, 11) is 0. The van der Waals surface area contributed by atoms with Crippen LogP contribution in [0.4, 0.5) is 5.69 Å². The van der Waals surface area contributed by atoms with E-state index in [0.717, 1.165) is 43.5 Å². The Hall–Kier alpha value is -3.19. The Morgan fingerprint density at radius 1 is 1.00 bits per heavy atom. The number of nitrogens with two attached hydrogens (primary N) is 1. The van der Waals surface area contributed by atoms with E-state index < -0.39 is 6.04 Å². The molecule has 166 valence electrons. The van der Waals surface area contributed by atoms with Crippen LogP contribution in [-0.2, 0) is 35.5 Å². The average Bonchev–Trinajstić information content (AvgIpc) is 3.09. The Labute approximate surface area is 187 Å². The van der Waals surface area contributed by atoms with Gasteiger partial charge in [-0.15, -0.1) is 0 Å². The minimum atomic E-state index is -0.576. The lowest BCUT2D eigenvalue weighted by molar-refractivity contribution is -0.136. The van der Waals surface area contributed by atoms with Gasteiger partial charge in [0.1, 0.15) is 6.04 Å². The summed E-state index contributed by atoms with van der Waals surface area (Å²) in [5.41, 5.74) is 12.4. The van der Waals surface area contributed by atoms with Crippen molar-refractivity contribution >= 4 is 23.4 Å². The number of nitrogens with zero attached hydrogens (tertiary/aromatic N) is 2. The van der Waals surface area contributed by atoms with Gasteiger partial charge in [0.05, 0.1) is 0 Å². The zero-order valence-electron chi connectivity index (χ0n) is 18.1. The lowest BCUT2D eigenvalue weighted by Crippen LogP contribution is -2.52. The molecule has 7 heteroatoms. The maximum absolute atomic E-state index is 12.9. The second-order valence-corrected chi connectivity index (χ2v) is 8.92. The monoisotopic (exact) mass is 432 g/mol. The molecular formula is C25H28N4O3. The second-order valence-electron chi connectivity index (χ2n) is 8.92. The van der Waals surface area contributed by atoms with E-state index in [0.29, 0.717) is 25.1 Å². The lowest BCUT2D eigenvalue weighted by atomic mass is 9.97. The fourth-order valence-electron chi connectivity index (χ4n) is 5.16.